The summed E-state index contributed by atoms with van der Waals surface area (Å²) in [5.41, 5.74) is 1.20. The first-order valence-electron chi connectivity index (χ1n) is 6.82. The van der Waals surface area contributed by atoms with E-state index in [-0.39, 0.29) is 12.1 Å². The molecule has 0 spiro atoms. The minimum atomic E-state index is 0.0528. The Morgan fingerprint density at radius 1 is 1.14 bits per heavy atom. The van der Waals surface area contributed by atoms with Gasteiger partial charge in [-0.05, 0) is 46.6 Å². The van der Waals surface area contributed by atoms with Crippen molar-refractivity contribution in [2.24, 2.45) is 0 Å². The summed E-state index contributed by atoms with van der Waals surface area (Å²) in [6, 6.07) is 16.8. The van der Waals surface area contributed by atoms with Crippen LogP contribution in [0.3, 0.4) is 0 Å². The molecule has 1 N–H and O–H groups in total. The molecular weight excluding hydrogens is 346 g/mol. The molecule has 1 aromatic carbocycles. The summed E-state index contributed by atoms with van der Waals surface area (Å²) in [5, 5.41) is 5.77. The molecule has 0 aliphatic heterocycles. The molecule has 0 aliphatic rings. The van der Waals surface area contributed by atoms with Gasteiger partial charge in [0.1, 0.15) is 5.76 Å². The zero-order valence-corrected chi connectivity index (χ0v) is 14.0. The third kappa shape index (κ3) is 3.46. The highest BCUT2D eigenvalue weighted by atomic mass is 79.9. The molecule has 0 aliphatic carbocycles. The number of hydrogen-bond donors (Lipinski definition) is 1. The van der Waals surface area contributed by atoms with Gasteiger partial charge < -0.3 is 4.42 Å². The summed E-state index contributed by atoms with van der Waals surface area (Å²) >= 11 is 5.27. The molecule has 3 rings (SSSR count). The second-order valence-electron chi connectivity index (χ2n) is 4.91. The van der Waals surface area contributed by atoms with Crippen molar-refractivity contribution in [3.8, 4) is 0 Å². The Kier molecular flexibility index (Phi) is 4.58. The number of furan rings is 1. The van der Waals surface area contributed by atoms with Crippen molar-refractivity contribution >= 4 is 27.3 Å². The van der Waals surface area contributed by atoms with Crippen molar-refractivity contribution in [3.63, 3.8) is 0 Å². The fourth-order valence-electron chi connectivity index (χ4n) is 2.33. The molecule has 0 saturated carbocycles. The van der Waals surface area contributed by atoms with E-state index in [0.29, 0.717) is 0 Å². The first-order chi connectivity index (χ1) is 10.2. The Balaban J connectivity index is 1.86. The Morgan fingerprint density at radius 3 is 2.57 bits per heavy atom. The van der Waals surface area contributed by atoms with Crippen LogP contribution in [0, 0.1) is 0 Å². The summed E-state index contributed by atoms with van der Waals surface area (Å²) < 4.78 is 6.75. The lowest BCUT2D eigenvalue weighted by Crippen LogP contribution is -2.24. The fourth-order valence-corrected chi connectivity index (χ4v) is 3.79. The van der Waals surface area contributed by atoms with E-state index in [1.165, 1.54) is 10.4 Å². The van der Waals surface area contributed by atoms with Crippen molar-refractivity contribution < 1.29 is 4.42 Å². The van der Waals surface area contributed by atoms with Crippen LogP contribution in [0.1, 0.15) is 35.2 Å². The average molecular weight is 362 g/mol. The van der Waals surface area contributed by atoms with Gasteiger partial charge >= 0.3 is 0 Å². The summed E-state index contributed by atoms with van der Waals surface area (Å²) in [6.45, 7) is 2.18. The Morgan fingerprint density at radius 2 is 1.95 bits per heavy atom. The molecule has 0 fully saturated rings. The van der Waals surface area contributed by atoms with Gasteiger partial charge in [0.05, 0.1) is 12.3 Å². The van der Waals surface area contributed by atoms with Gasteiger partial charge in [0.2, 0.25) is 0 Å². The second-order valence-corrected chi connectivity index (χ2v) is 6.77. The first-order valence-corrected chi connectivity index (χ1v) is 8.49. The van der Waals surface area contributed by atoms with Crippen molar-refractivity contribution in [2.45, 2.75) is 19.0 Å². The van der Waals surface area contributed by atoms with Crippen LogP contribution in [-0.4, -0.2) is 0 Å². The van der Waals surface area contributed by atoms with Gasteiger partial charge in [-0.2, -0.15) is 0 Å². The zero-order chi connectivity index (χ0) is 14.7. The Labute approximate surface area is 136 Å². The number of halogens is 1. The first kappa shape index (κ1) is 14.6. The lowest BCUT2D eigenvalue weighted by atomic mass is 10.0. The van der Waals surface area contributed by atoms with E-state index >= 15 is 0 Å². The van der Waals surface area contributed by atoms with E-state index in [2.05, 4.69) is 63.9 Å². The molecule has 3 aromatic rings. The van der Waals surface area contributed by atoms with Crippen LogP contribution >= 0.6 is 27.3 Å². The standard InChI is InChI=1S/C17H16BrNOS/c1-12(16-10-14(18)11-21-16)19-17(15-8-5-9-20-15)13-6-3-2-4-7-13/h2-12,17,19H,1H3. The molecule has 108 valence electrons. The number of rotatable bonds is 5. The van der Waals surface area contributed by atoms with Gasteiger partial charge in [-0.1, -0.05) is 30.3 Å². The minimum absolute atomic E-state index is 0.0528. The highest BCUT2D eigenvalue weighted by Crippen LogP contribution is 2.30. The molecule has 0 radical (unpaired) electrons. The van der Waals surface area contributed by atoms with Gasteiger partial charge in [0, 0.05) is 20.8 Å². The summed E-state index contributed by atoms with van der Waals surface area (Å²) in [7, 11) is 0. The smallest absolute Gasteiger partial charge is 0.125 e. The minimum Gasteiger partial charge on any atom is -0.467 e. The predicted molar refractivity (Wildman–Crippen MR) is 90.6 cm³/mol. The third-order valence-electron chi connectivity index (χ3n) is 3.39. The molecular formula is C17H16BrNOS. The Hall–Kier alpha value is -1.36. The van der Waals surface area contributed by atoms with E-state index in [1.807, 2.05) is 18.2 Å². The summed E-state index contributed by atoms with van der Waals surface area (Å²) in [5.74, 6) is 0.934. The van der Waals surface area contributed by atoms with E-state index < -0.39 is 0 Å². The van der Waals surface area contributed by atoms with Crippen LogP contribution in [0.5, 0.6) is 0 Å². The molecule has 0 saturated heterocycles. The monoisotopic (exact) mass is 361 g/mol. The highest BCUT2D eigenvalue weighted by molar-refractivity contribution is 9.10. The van der Waals surface area contributed by atoms with Crippen molar-refractivity contribution in [1.82, 2.24) is 5.32 Å². The van der Waals surface area contributed by atoms with Crippen LogP contribution in [0.15, 0.2) is 69.1 Å². The van der Waals surface area contributed by atoms with Crippen molar-refractivity contribution in [3.05, 3.63) is 80.8 Å². The van der Waals surface area contributed by atoms with Crippen LogP contribution in [-0.2, 0) is 0 Å². The fraction of sp³-hybridized carbons (Fsp3) is 0.176. The normalized spacial score (nSPS) is 14.0. The van der Waals surface area contributed by atoms with Gasteiger partial charge in [-0.3, -0.25) is 5.32 Å². The van der Waals surface area contributed by atoms with Crippen molar-refractivity contribution in [2.75, 3.05) is 0 Å². The number of hydrogen-bond acceptors (Lipinski definition) is 3. The van der Waals surface area contributed by atoms with Crippen LogP contribution in [0.25, 0.3) is 0 Å². The van der Waals surface area contributed by atoms with Crippen LogP contribution in [0.2, 0.25) is 0 Å². The van der Waals surface area contributed by atoms with E-state index in [4.69, 9.17) is 4.42 Å². The van der Waals surface area contributed by atoms with Crippen molar-refractivity contribution in [1.29, 1.82) is 0 Å². The molecule has 2 atom stereocenters. The van der Waals surface area contributed by atoms with Gasteiger partial charge in [-0.25, -0.2) is 0 Å². The molecule has 2 nitrogen and oxygen atoms in total. The topological polar surface area (TPSA) is 25.2 Å². The molecule has 2 unspecified atom stereocenters. The number of nitrogens with one attached hydrogen (secondary N) is 1. The zero-order valence-electron chi connectivity index (χ0n) is 11.6. The van der Waals surface area contributed by atoms with Gasteiger partial charge in [-0.15, -0.1) is 11.3 Å². The van der Waals surface area contributed by atoms with E-state index in [0.717, 1.165) is 10.2 Å². The maximum atomic E-state index is 5.62. The largest absolute Gasteiger partial charge is 0.467 e. The van der Waals surface area contributed by atoms with E-state index in [1.54, 1.807) is 17.6 Å². The van der Waals surface area contributed by atoms with E-state index in [9.17, 15) is 0 Å². The highest BCUT2D eigenvalue weighted by Gasteiger charge is 2.20. The average Bonchev–Trinajstić information content (AvgIpc) is 3.17. The second kappa shape index (κ2) is 6.60. The predicted octanol–water partition coefficient (Wildman–Crippen LogP) is 5.54. The molecule has 4 heteroatoms. The SMILES string of the molecule is CC(NC(c1ccccc1)c1ccco1)c1cc(Br)cs1. The number of thiophene rings is 1. The molecule has 0 bridgehead atoms. The van der Waals surface area contributed by atoms with Gasteiger partial charge in [0.15, 0.2) is 0 Å². The van der Waals surface area contributed by atoms with Crippen LogP contribution < -0.4 is 5.32 Å². The van der Waals surface area contributed by atoms with Crippen LogP contribution in [0.4, 0.5) is 0 Å². The van der Waals surface area contributed by atoms with Gasteiger partial charge in [0.25, 0.3) is 0 Å². The molecule has 2 aromatic heterocycles. The molecule has 21 heavy (non-hydrogen) atoms. The third-order valence-corrected chi connectivity index (χ3v) is 5.27. The number of benzene rings is 1. The summed E-state index contributed by atoms with van der Waals surface area (Å²) in [6.07, 6.45) is 1.72. The molecule has 2 heterocycles. The maximum absolute atomic E-state index is 5.62. The summed E-state index contributed by atoms with van der Waals surface area (Å²) in [4.78, 5) is 1.30. The lowest BCUT2D eigenvalue weighted by Gasteiger charge is -2.21. The quantitative estimate of drug-likeness (QED) is 0.644. The molecule has 0 amide bonds. The Bertz CT molecular complexity index is 678. The maximum Gasteiger partial charge on any atom is 0.125 e. The lowest BCUT2D eigenvalue weighted by molar-refractivity contribution is 0.421.